The first-order valence-corrected chi connectivity index (χ1v) is 6.24. The molecule has 0 amide bonds. The van der Waals surface area contributed by atoms with Gasteiger partial charge in [0.15, 0.2) is 6.10 Å². The Morgan fingerprint density at radius 3 is 2.62 bits per heavy atom. The van der Waals surface area contributed by atoms with Gasteiger partial charge in [0.05, 0.1) is 6.26 Å². The number of allylic oxidation sites excluding steroid dienone is 1. The third-order valence-corrected chi connectivity index (χ3v) is 2.13. The highest BCUT2D eigenvalue weighted by Crippen LogP contribution is 2.01. The van der Waals surface area contributed by atoms with Crippen LogP contribution in [-0.2, 0) is 24.1 Å². The van der Waals surface area contributed by atoms with Crippen molar-refractivity contribution < 1.29 is 26.7 Å². The van der Waals surface area contributed by atoms with E-state index in [2.05, 4.69) is 8.92 Å². The van der Waals surface area contributed by atoms with Gasteiger partial charge in [0.1, 0.15) is 0 Å². The third kappa shape index (κ3) is 8.39. The molecule has 0 aromatic rings. The summed E-state index contributed by atoms with van der Waals surface area (Å²) in [7, 11) is -4.63. The predicted octanol–water partition coefficient (Wildman–Crippen LogP) is 1.44. The van der Waals surface area contributed by atoms with E-state index < -0.39 is 22.5 Å². The van der Waals surface area contributed by atoms with Crippen molar-refractivity contribution in [3.8, 4) is 0 Å². The van der Waals surface area contributed by atoms with E-state index in [-0.39, 0.29) is 0 Å². The summed E-state index contributed by atoms with van der Waals surface area (Å²) < 4.78 is 37.4. The molecular weight excluding hydrogens is 236 g/mol. The normalized spacial score (nSPS) is 13.9. The Labute approximate surface area is 95.2 Å². The van der Waals surface area contributed by atoms with Crippen molar-refractivity contribution in [1.82, 2.24) is 0 Å². The smallest absolute Gasteiger partial charge is 0.398 e. The molecule has 0 aliphatic carbocycles. The van der Waals surface area contributed by atoms with Crippen LogP contribution >= 0.6 is 0 Å². The minimum atomic E-state index is -4.63. The molecule has 0 saturated carbocycles. The first-order valence-electron chi connectivity index (χ1n) is 4.88. The van der Waals surface area contributed by atoms with Gasteiger partial charge in [0.2, 0.25) is 0 Å². The fourth-order valence-corrected chi connectivity index (χ4v) is 1.27. The topological polar surface area (TPSA) is 89.9 Å². The molecule has 0 heterocycles. The van der Waals surface area contributed by atoms with E-state index in [1.165, 1.54) is 6.26 Å². The summed E-state index contributed by atoms with van der Waals surface area (Å²) in [5, 5.41) is 0. The molecule has 1 unspecified atom stereocenters. The lowest BCUT2D eigenvalue weighted by Gasteiger charge is -2.06. The van der Waals surface area contributed by atoms with Crippen molar-refractivity contribution >= 4 is 16.4 Å². The van der Waals surface area contributed by atoms with Gasteiger partial charge in [-0.25, -0.2) is 8.98 Å². The Morgan fingerprint density at radius 1 is 1.50 bits per heavy atom. The van der Waals surface area contributed by atoms with E-state index in [1.54, 1.807) is 6.08 Å². The second-order valence-corrected chi connectivity index (χ2v) is 4.16. The quantitative estimate of drug-likeness (QED) is 0.319. The number of carbonyl (C=O) groups is 1. The van der Waals surface area contributed by atoms with Crippen LogP contribution in [0.5, 0.6) is 0 Å². The van der Waals surface area contributed by atoms with Crippen LogP contribution in [0.3, 0.4) is 0 Å². The van der Waals surface area contributed by atoms with Crippen molar-refractivity contribution in [1.29, 1.82) is 0 Å². The fourth-order valence-electron chi connectivity index (χ4n) is 0.823. The van der Waals surface area contributed by atoms with E-state index in [4.69, 9.17) is 4.55 Å². The maximum absolute atomic E-state index is 11.1. The zero-order valence-corrected chi connectivity index (χ0v) is 10.1. The summed E-state index contributed by atoms with van der Waals surface area (Å²) >= 11 is 0. The van der Waals surface area contributed by atoms with E-state index >= 15 is 0 Å². The number of esters is 1. The Morgan fingerprint density at radius 2 is 2.12 bits per heavy atom. The molecule has 0 aromatic carbocycles. The molecule has 0 aliphatic rings. The number of hydrogen-bond donors (Lipinski definition) is 1. The molecule has 0 bridgehead atoms. The highest BCUT2D eigenvalue weighted by Gasteiger charge is 2.20. The van der Waals surface area contributed by atoms with Crippen molar-refractivity contribution in [3.63, 3.8) is 0 Å². The molecule has 7 heteroatoms. The molecule has 1 atom stereocenters. The monoisotopic (exact) mass is 252 g/mol. The summed E-state index contributed by atoms with van der Waals surface area (Å²) in [6.07, 6.45) is 4.25. The van der Waals surface area contributed by atoms with Gasteiger partial charge in [-0.15, -0.1) is 0 Å². The van der Waals surface area contributed by atoms with Crippen LogP contribution in [0, 0.1) is 0 Å². The van der Waals surface area contributed by atoms with E-state index in [0.717, 1.165) is 26.2 Å². The Hall–Kier alpha value is -0.920. The van der Waals surface area contributed by atoms with Crippen LogP contribution < -0.4 is 0 Å². The van der Waals surface area contributed by atoms with Gasteiger partial charge in [0, 0.05) is 0 Å². The summed E-state index contributed by atoms with van der Waals surface area (Å²) in [5.74, 6) is -0.884. The van der Waals surface area contributed by atoms with Gasteiger partial charge in [-0.3, -0.25) is 4.55 Å². The molecular formula is C9H16O6S. The zero-order chi connectivity index (χ0) is 12.6. The summed E-state index contributed by atoms with van der Waals surface area (Å²) in [4.78, 5) is 11.1. The number of carbonyl (C=O) groups excluding carboxylic acids is 1. The summed E-state index contributed by atoms with van der Waals surface area (Å²) in [6, 6.07) is 0. The molecule has 1 N–H and O–H groups in total. The second kappa shape index (κ2) is 7.37. The minimum Gasteiger partial charge on any atom is -0.433 e. The number of ether oxygens (including phenoxy) is 1. The lowest BCUT2D eigenvalue weighted by Crippen LogP contribution is -2.24. The molecule has 6 nitrogen and oxygen atoms in total. The third-order valence-electron chi connectivity index (χ3n) is 1.60. The SMILES string of the molecule is CCCCC=COC(=O)C(C)OS(=O)(=O)O. The Balaban J connectivity index is 3.93. The van der Waals surface area contributed by atoms with Gasteiger partial charge in [-0.1, -0.05) is 13.3 Å². The molecule has 0 radical (unpaired) electrons. The second-order valence-electron chi connectivity index (χ2n) is 3.12. The largest absolute Gasteiger partial charge is 0.433 e. The summed E-state index contributed by atoms with van der Waals surface area (Å²) in [5.41, 5.74) is 0. The van der Waals surface area contributed by atoms with E-state index in [0.29, 0.717) is 0 Å². The molecule has 16 heavy (non-hydrogen) atoms. The predicted molar refractivity (Wildman–Crippen MR) is 56.9 cm³/mol. The number of rotatable bonds is 7. The van der Waals surface area contributed by atoms with E-state index in [9.17, 15) is 13.2 Å². The van der Waals surface area contributed by atoms with Gasteiger partial charge in [-0.2, -0.15) is 8.42 Å². The highest BCUT2D eigenvalue weighted by molar-refractivity contribution is 7.80. The Bertz CT molecular complexity index is 332. The molecule has 0 rings (SSSR count). The first kappa shape index (κ1) is 15.1. The molecule has 94 valence electrons. The summed E-state index contributed by atoms with van der Waals surface area (Å²) in [6.45, 7) is 3.19. The van der Waals surface area contributed by atoms with E-state index in [1.807, 2.05) is 6.92 Å². The standard InChI is InChI=1S/C9H16O6S/c1-3-4-5-6-7-14-9(10)8(2)15-16(11,12)13/h6-8H,3-5H2,1-2H3,(H,11,12,13). The van der Waals surface area contributed by atoms with Crippen molar-refractivity contribution in [2.75, 3.05) is 0 Å². The lowest BCUT2D eigenvalue weighted by atomic mass is 10.2. The zero-order valence-electron chi connectivity index (χ0n) is 9.25. The van der Waals surface area contributed by atoms with Crippen LogP contribution in [0.25, 0.3) is 0 Å². The van der Waals surface area contributed by atoms with Gasteiger partial charge in [0.25, 0.3) is 0 Å². The van der Waals surface area contributed by atoms with Gasteiger partial charge < -0.3 is 4.74 Å². The minimum absolute atomic E-state index is 0.775. The van der Waals surface area contributed by atoms with Crippen LogP contribution in [0.4, 0.5) is 0 Å². The first-order chi connectivity index (χ1) is 7.37. The molecule has 0 aliphatic heterocycles. The lowest BCUT2D eigenvalue weighted by molar-refractivity contribution is -0.145. The molecule has 0 spiro atoms. The fraction of sp³-hybridized carbons (Fsp3) is 0.667. The van der Waals surface area contributed by atoms with Gasteiger partial charge in [-0.05, 0) is 25.8 Å². The maximum Gasteiger partial charge on any atom is 0.398 e. The average molecular weight is 252 g/mol. The highest BCUT2D eigenvalue weighted by atomic mass is 32.3. The van der Waals surface area contributed by atoms with Crippen LogP contribution in [0.1, 0.15) is 33.1 Å². The van der Waals surface area contributed by atoms with Crippen LogP contribution in [0.15, 0.2) is 12.3 Å². The van der Waals surface area contributed by atoms with Crippen molar-refractivity contribution in [2.24, 2.45) is 0 Å². The molecule has 0 saturated heterocycles. The maximum atomic E-state index is 11.1. The number of hydrogen-bond acceptors (Lipinski definition) is 5. The van der Waals surface area contributed by atoms with Crippen LogP contribution in [-0.4, -0.2) is 25.0 Å². The van der Waals surface area contributed by atoms with Crippen molar-refractivity contribution in [3.05, 3.63) is 12.3 Å². The Kier molecular flexibility index (Phi) is 6.95. The molecule has 0 aromatic heterocycles. The van der Waals surface area contributed by atoms with Crippen LogP contribution in [0.2, 0.25) is 0 Å². The average Bonchev–Trinajstić information content (AvgIpc) is 2.14. The van der Waals surface area contributed by atoms with Gasteiger partial charge >= 0.3 is 16.4 Å². The molecule has 0 fully saturated rings. The van der Waals surface area contributed by atoms with Crippen molar-refractivity contribution in [2.45, 2.75) is 39.2 Å². The number of unbranched alkanes of at least 4 members (excludes halogenated alkanes) is 2.